The average molecular weight is 254 g/mol. The lowest BCUT2D eigenvalue weighted by Crippen LogP contribution is -2.03. The molecule has 1 aromatic carbocycles. The molecule has 0 amide bonds. The van der Waals surface area contributed by atoms with Crippen LogP contribution >= 0.6 is 15.9 Å². The molecule has 0 aliphatic heterocycles. The van der Waals surface area contributed by atoms with E-state index < -0.39 is 0 Å². The molecule has 2 rings (SSSR count). The fraction of sp³-hybridized carbons (Fsp3) is 0.300. The monoisotopic (exact) mass is 253 g/mol. The topological polar surface area (TPSA) is 43.8 Å². The Hall–Kier alpha value is -0.870. The molecule has 0 aliphatic rings. The van der Waals surface area contributed by atoms with Gasteiger partial charge in [0.25, 0.3) is 0 Å². The third-order valence-electron chi connectivity index (χ3n) is 2.31. The van der Waals surface area contributed by atoms with Crippen molar-refractivity contribution in [1.82, 2.24) is 9.55 Å². The smallest absolute Gasteiger partial charge is 0.0955 e. The van der Waals surface area contributed by atoms with Crippen molar-refractivity contribution in [2.45, 2.75) is 6.42 Å². The van der Waals surface area contributed by atoms with Crippen molar-refractivity contribution in [3.05, 3.63) is 28.5 Å². The second-order valence-corrected chi connectivity index (χ2v) is 4.18. The predicted molar refractivity (Wildman–Crippen MR) is 61.2 cm³/mol. The van der Waals surface area contributed by atoms with Crippen molar-refractivity contribution in [1.29, 1.82) is 0 Å². The molecule has 0 saturated heterocycles. The molecule has 2 N–H and O–H groups in total. The zero-order valence-corrected chi connectivity index (χ0v) is 9.58. The van der Waals surface area contributed by atoms with Gasteiger partial charge in [0.05, 0.1) is 17.4 Å². The van der Waals surface area contributed by atoms with Gasteiger partial charge in [0.2, 0.25) is 0 Å². The molecule has 0 bridgehead atoms. The van der Waals surface area contributed by atoms with Crippen molar-refractivity contribution >= 4 is 27.0 Å². The van der Waals surface area contributed by atoms with Crippen molar-refractivity contribution in [2.24, 2.45) is 12.8 Å². The van der Waals surface area contributed by atoms with Crippen LogP contribution in [0.25, 0.3) is 11.0 Å². The molecule has 1 heterocycles. The summed E-state index contributed by atoms with van der Waals surface area (Å²) < 4.78 is 3.11. The largest absolute Gasteiger partial charge is 0.334 e. The average Bonchev–Trinajstić information content (AvgIpc) is 2.49. The first-order valence-corrected chi connectivity index (χ1v) is 5.31. The highest BCUT2D eigenvalue weighted by Crippen LogP contribution is 2.23. The number of hydrogen-bond acceptors (Lipinski definition) is 2. The Morgan fingerprint density at radius 1 is 1.50 bits per heavy atom. The highest BCUT2D eigenvalue weighted by atomic mass is 79.9. The number of aromatic nitrogens is 2. The second-order valence-electron chi connectivity index (χ2n) is 3.33. The lowest BCUT2D eigenvalue weighted by Gasteiger charge is -2.03. The van der Waals surface area contributed by atoms with Gasteiger partial charge >= 0.3 is 0 Å². The van der Waals surface area contributed by atoms with Gasteiger partial charge in [0.15, 0.2) is 0 Å². The van der Waals surface area contributed by atoms with E-state index in [0.29, 0.717) is 6.54 Å². The van der Waals surface area contributed by atoms with Gasteiger partial charge < -0.3 is 10.3 Å². The number of rotatable bonds is 2. The van der Waals surface area contributed by atoms with Crippen LogP contribution in [0.2, 0.25) is 0 Å². The molecule has 0 saturated carbocycles. The zero-order valence-electron chi connectivity index (χ0n) is 8.00. The molecule has 0 spiro atoms. The maximum absolute atomic E-state index is 5.54. The molecule has 2 aromatic rings. The van der Waals surface area contributed by atoms with Crippen LogP contribution in [-0.4, -0.2) is 16.1 Å². The molecule has 0 radical (unpaired) electrons. The minimum absolute atomic E-state index is 0.669. The Morgan fingerprint density at radius 3 is 3.00 bits per heavy atom. The van der Waals surface area contributed by atoms with Crippen LogP contribution in [-0.2, 0) is 13.5 Å². The van der Waals surface area contributed by atoms with Gasteiger partial charge in [-0.3, -0.25) is 0 Å². The standard InChI is InChI=1S/C10H12BrN3/c1-14-6-13-9-5-8(11)7(2-3-12)4-10(9)14/h4-6H,2-3,12H2,1H3. The van der Waals surface area contributed by atoms with Crippen LogP contribution in [0, 0.1) is 0 Å². The van der Waals surface area contributed by atoms with E-state index in [1.807, 2.05) is 24.0 Å². The van der Waals surface area contributed by atoms with E-state index in [0.717, 1.165) is 21.9 Å². The van der Waals surface area contributed by atoms with Crippen LogP contribution in [0.3, 0.4) is 0 Å². The summed E-state index contributed by atoms with van der Waals surface area (Å²) in [4.78, 5) is 4.28. The normalized spacial score (nSPS) is 11.1. The SMILES string of the molecule is Cn1cnc2cc(Br)c(CCN)cc21. The summed E-state index contributed by atoms with van der Waals surface area (Å²) in [5, 5.41) is 0. The van der Waals surface area contributed by atoms with Crippen molar-refractivity contribution in [2.75, 3.05) is 6.54 Å². The molecule has 0 fully saturated rings. The molecule has 14 heavy (non-hydrogen) atoms. The highest BCUT2D eigenvalue weighted by molar-refractivity contribution is 9.10. The summed E-state index contributed by atoms with van der Waals surface area (Å²) in [5.41, 5.74) is 8.95. The lowest BCUT2D eigenvalue weighted by molar-refractivity contribution is 0.938. The molecule has 4 heteroatoms. The van der Waals surface area contributed by atoms with Gasteiger partial charge in [-0.25, -0.2) is 4.98 Å². The summed E-state index contributed by atoms with van der Waals surface area (Å²) in [7, 11) is 2.00. The number of imidazole rings is 1. The Kier molecular flexibility index (Phi) is 2.56. The summed E-state index contributed by atoms with van der Waals surface area (Å²) in [5.74, 6) is 0. The first-order chi connectivity index (χ1) is 6.72. The van der Waals surface area contributed by atoms with E-state index in [1.165, 1.54) is 5.56 Å². The number of fused-ring (bicyclic) bond motifs is 1. The first-order valence-electron chi connectivity index (χ1n) is 4.52. The van der Waals surface area contributed by atoms with E-state index in [-0.39, 0.29) is 0 Å². The minimum Gasteiger partial charge on any atom is -0.334 e. The van der Waals surface area contributed by atoms with Crippen LogP contribution in [0.1, 0.15) is 5.56 Å². The summed E-state index contributed by atoms with van der Waals surface area (Å²) in [6.45, 7) is 0.669. The quantitative estimate of drug-likeness (QED) is 0.888. The van der Waals surface area contributed by atoms with Crippen molar-refractivity contribution in [3.8, 4) is 0 Å². The summed E-state index contributed by atoms with van der Waals surface area (Å²) in [6.07, 6.45) is 2.71. The van der Waals surface area contributed by atoms with Gasteiger partial charge in [-0.1, -0.05) is 15.9 Å². The Balaban J connectivity index is 2.61. The Morgan fingerprint density at radius 2 is 2.29 bits per heavy atom. The van der Waals surface area contributed by atoms with Crippen molar-refractivity contribution < 1.29 is 0 Å². The number of benzene rings is 1. The fourth-order valence-corrected chi connectivity index (χ4v) is 2.07. The Labute approximate surface area is 91.1 Å². The third-order valence-corrected chi connectivity index (χ3v) is 3.05. The van der Waals surface area contributed by atoms with Gasteiger partial charge in [-0.15, -0.1) is 0 Å². The maximum Gasteiger partial charge on any atom is 0.0955 e. The van der Waals surface area contributed by atoms with E-state index in [2.05, 4.69) is 27.0 Å². The lowest BCUT2D eigenvalue weighted by atomic mass is 10.1. The van der Waals surface area contributed by atoms with Gasteiger partial charge in [-0.05, 0) is 30.7 Å². The number of nitrogens with two attached hydrogens (primary N) is 1. The summed E-state index contributed by atoms with van der Waals surface area (Å²) >= 11 is 3.52. The molecule has 0 atom stereocenters. The first kappa shape index (κ1) is 9.68. The second kappa shape index (κ2) is 3.71. The summed E-state index contributed by atoms with van der Waals surface area (Å²) in [6, 6.07) is 4.18. The maximum atomic E-state index is 5.54. The van der Waals surface area contributed by atoms with Gasteiger partial charge in [0.1, 0.15) is 0 Å². The van der Waals surface area contributed by atoms with Crippen molar-refractivity contribution in [3.63, 3.8) is 0 Å². The zero-order chi connectivity index (χ0) is 10.1. The van der Waals surface area contributed by atoms with Crippen LogP contribution in [0.5, 0.6) is 0 Å². The third kappa shape index (κ3) is 1.55. The number of halogens is 1. The molecule has 3 nitrogen and oxygen atoms in total. The highest BCUT2D eigenvalue weighted by Gasteiger charge is 2.05. The molecule has 0 aliphatic carbocycles. The van der Waals surface area contributed by atoms with Crippen LogP contribution in [0.4, 0.5) is 0 Å². The number of aryl methyl sites for hydroxylation is 1. The van der Waals surface area contributed by atoms with E-state index in [1.54, 1.807) is 0 Å². The van der Waals surface area contributed by atoms with E-state index in [9.17, 15) is 0 Å². The predicted octanol–water partition coefficient (Wildman–Crippen LogP) is 1.84. The van der Waals surface area contributed by atoms with Gasteiger partial charge in [-0.2, -0.15) is 0 Å². The molecule has 1 aromatic heterocycles. The Bertz CT molecular complexity index is 462. The fourth-order valence-electron chi connectivity index (χ4n) is 1.54. The number of nitrogens with zero attached hydrogens (tertiary/aromatic N) is 2. The molecular weight excluding hydrogens is 242 g/mol. The molecular formula is C10H12BrN3. The van der Waals surface area contributed by atoms with E-state index in [4.69, 9.17) is 5.73 Å². The van der Waals surface area contributed by atoms with E-state index >= 15 is 0 Å². The van der Waals surface area contributed by atoms with Crippen LogP contribution < -0.4 is 5.73 Å². The minimum atomic E-state index is 0.669. The molecule has 74 valence electrons. The van der Waals surface area contributed by atoms with Crippen LogP contribution in [0.15, 0.2) is 22.9 Å². The molecule has 0 unspecified atom stereocenters. The number of hydrogen-bond donors (Lipinski definition) is 1. The van der Waals surface area contributed by atoms with Gasteiger partial charge in [0, 0.05) is 11.5 Å².